The summed E-state index contributed by atoms with van der Waals surface area (Å²) in [6.07, 6.45) is 0. The Morgan fingerprint density at radius 3 is 1.31 bits per heavy atom. The molecule has 1 heterocycles. The third-order valence-electron chi connectivity index (χ3n) is 7.46. The van der Waals surface area contributed by atoms with Gasteiger partial charge >= 0.3 is 0 Å². The Kier molecular flexibility index (Phi) is 4.14. The van der Waals surface area contributed by atoms with Crippen molar-refractivity contribution < 1.29 is 0 Å². The van der Waals surface area contributed by atoms with Gasteiger partial charge in [-0.05, 0) is 78.4 Å². The lowest BCUT2D eigenvalue weighted by Gasteiger charge is -2.19. The van der Waals surface area contributed by atoms with E-state index in [1.54, 1.807) is 0 Å². The Balaban J connectivity index is 1.84. The Labute approximate surface area is 191 Å². The zero-order chi connectivity index (χ0) is 22.1. The lowest BCUT2D eigenvalue weighted by molar-refractivity contribution is 1.35. The van der Waals surface area contributed by atoms with Crippen molar-refractivity contribution in [3.63, 3.8) is 0 Å². The molecule has 0 nitrogen and oxygen atoms in total. The molecule has 0 atom stereocenters. The van der Waals surface area contributed by atoms with Crippen LogP contribution in [0.15, 0.2) is 72.8 Å². The summed E-state index contributed by atoms with van der Waals surface area (Å²) >= 11 is 0. The molecule has 0 aliphatic carbocycles. The number of benzene rings is 5. The van der Waals surface area contributed by atoms with Crippen molar-refractivity contribution in [1.82, 2.24) is 0 Å². The maximum Gasteiger partial charge on any atom is 0.243 e. The highest BCUT2D eigenvalue weighted by atomic mass is 14.2. The molecule has 1 heteroatoms. The molecule has 0 fully saturated rings. The second-order valence-corrected chi connectivity index (χ2v) is 9.65. The maximum absolute atomic E-state index is 2.46. The van der Waals surface area contributed by atoms with Gasteiger partial charge in [-0.2, -0.15) is 0 Å². The molecular formula is C31H27B. The highest BCUT2D eigenvalue weighted by molar-refractivity contribution is 7.00. The second kappa shape index (κ2) is 6.84. The maximum atomic E-state index is 2.46. The second-order valence-electron chi connectivity index (χ2n) is 9.65. The van der Waals surface area contributed by atoms with E-state index in [0.29, 0.717) is 0 Å². The molecule has 6 rings (SSSR count). The van der Waals surface area contributed by atoms with Gasteiger partial charge in [0.1, 0.15) is 0 Å². The first kappa shape index (κ1) is 19.4. The van der Waals surface area contributed by atoms with Crippen LogP contribution in [0.5, 0.6) is 0 Å². The molecule has 0 radical (unpaired) electrons. The molecule has 0 saturated carbocycles. The van der Waals surface area contributed by atoms with Crippen molar-refractivity contribution in [2.45, 2.75) is 34.6 Å². The van der Waals surface area contributed by atoms with Crippen LogP contribution in [-0.2, 0) is 0 Å². The Morgan fingerprint density at radius 1 is 0.469 bits per heavy atom. The van der Waals surface area contributed by atoms with Crippen molar-refractivity contribution >= 4 is 44.6 Å². The number of rotatable bonds is 1. The average molecular weight is 410 g/mol. The summed E-state index contributed by atoms with van der Waals surface area (Å²) in [7, 11) is 0. The van der Waals surface area contributed by atoms with Crippen LogP contribution in [0.25, 0.3) is 32.7 Å². The Hall–Kier alpha value is -3.32. The molecule has 0 amide bonds. The average Bonchev–Trinajstić information content (AvgIpc) is 3.07. The molecule has 154 valence electrons. The third kappa shape index (κ3) is 2.57. The molecule has 0 saturated heterocycles. The van der Waals surface area contributed by atoms with E-state index in [1.165, 1.54) is 76.9 Å². The van der Waals surface area contributed by atoms with Crippen LogP contribution in [0, 0.1) is 34.6 Å². The number of aryl methyl sites for hydroxylation is 5. The molecule has 32 heavy (non-hydrogen) atoms. The van der Waals surface area contributed by atoms with E-state index in [9.17, 15) is 0 Å². The SMILES string of the molecule is Cc1cc(C)c(B2c3cc(C)c4ccccc4c3-c3c2cc(C)c2ccccc32)c(C)c1. The summed E-state index contributed by atoms with van der Waals surface area (Å²) in [6, 6.07) is 27.5. The number of hydrogen-bond acceptors (Lipinski definition) is 0. The van der Waals surface area contributed by atoms with E-state index in [1.807, 2.05) is 0 Å². The van der Waals surface area contributed by atoms with Crippen molar-refractivity contribution in [3.8, 4) is 11.1 Å². The molecule has 0 N–H and O–H groups in total. The van der Waals surface area contributed by atoms with E-state index in [0.717, 1.165) is 0 Å². The van der Waals surface area contributed by atoms with Crippen LogP contribution in [0.1, 0.15) is 27.8 Å². The molecule has 0 aromatic heterocycles. The van der Waals surface area contributed by atoms with Gasteiger partial charge in [0.15, 0.2) is 0 Å². The molecule has 5 aromatic carbocycles. The highest BCUT2D eigenvalue weighted by Gasteiger charge is 2.37. The minimum atomic E-state index is 0.271. The van der Waals surface area contributed by atoms with E-state index >= 15 is 0 Å². The van der Waals surface area contributed by atoms with Gasteiger partial charge in [0.05, 0.1) is 0 Å². The standard InChI is InChI=1S/C31H27B/c1-18-14-21(4)31(22(5)15-18)32-27-16-19(2)23-10-6-8-12-25(23)29(27)30-26-13-9-7-11-24(26)20(3)17-28(30)32/h6-17H,1-5H3. The van der Waals surface area contributed by atoms with Crippen molar-refractivity contribution in [1.29, 1.82) is 0 Å². The van der Waals surface area contributed by atoms with Gasteiger partial charge in [-0.3, -0.25) is 0 Å². The Morgan fingerprint density at radius 2 is 0.875 bits per heavy atom. The summed E-state index contributed by atoms with van der Waals surface area (Å²) < 4.78 is 0. The summed E-state index contributed by atoms with van der Waals surface area (Å²) in [6.45, 7) is 11.6. The third-order valence-corrected chi connectivity index (χ3v) is 7.46. The highest BCUT2D eigenvalue weighted by Crippen LogP contribution is 2.38. The van der Waals surface area contributed by atoms with Crippen LogP contribution in [0.2, 0.25) is 0 Å². The van der Waals surface area contributed by atoms with E-state index < -0.39 is 0 Å². The van der Waals surface area contributed by atoms with Gasteiger partial charge < -0.3 is 0 Å². The lowest BCUT2D eigenvalue weighted by atomic mass is 9.37. The van der Waals surface area contributed by atoms with Crippen LogP contribution in [0.3, 0.4) is 0 Å². The molecule has 1 aliphatic rings. The summed E-state index contributed by atoms with van der Waals surface area (Å²) in [5.41, 5.74) is 14.1. The molecule has 0 spiro atoms. The smallest absolute Gasteiger partial charge is 0.0629 e. The molecular weight excluding hydrogens is 383 g/mol. The van der Waals surface area contributed by atoms with E-state index in [4.69, 9.17) is 0 Å². The van der Waals surface area contributed by atoms with Crippen LogP contribution in [-0.4, -0.2) is 6.71 Å². The van der Waals surface area contributed by atoms with Crippen LogP contribution in [0.4, 0.5) is 0 Å². The fourth-order valence-corrected chi connectivity index (χ4v) is 6.31. The summed E-state index contributed by atoms with van der Waals surface area (Å²) in [5.74, 6) is 0. The van der Waals surface area contributed by atoms with Gasteiger partial charge in [-0.25, -0.2) is 0 Å². The molecule has 1 aliphatic heterocycles. The zero-order valence-electron chi connectivity index (χ0n) is 19.5. The fraction of sp³-hybridized carbons (Fsp3) is 0.161. The number of hydrogen-bond donors (Lipinski definition) is 0. The van der Waals surface area contributed by atoms with Crippen molar-refractivity contribution in [2.24, 2.45) is 0 Å². The van der Waals surface area contributed by atoms with Crippen molar-refractivity contribution in [3.05, 3.63) is 101 Å². The summed E-state index contributed by atoms with van der Waals surface area (Å²) in [5, 5.41) is 5.48. The van der Waals surface area contributed by atoms with Gasteiger partial charge in [0.25, 0.3) is 0 Å². The lowest BCUT2D eigenvalue weighted by Crippen LogP contribution is -2.51. The fourth-order valence-electron chi connectivity index (χ4n) is 6.31. The van der Waals surface area contributed by atoms with Gasteiger partial charge in [0.2, 0.25) is 6.71 Å². The van der Waals surface area contributed by atoms with E-state index in [-0.39, 0.29) is 6.71 Å². The zero-order valence-corrected chi connectivity index (χ0v) is 19.5. The topological polar surface area (TPSA) is 0 Å². The minimum Gasteiger partial charge on any atom is -0.0629 e. The Bertz CT molecular complexity index is 1460. The summed E-state index contributed by atoms with van der Waals surface area (Å²) in [4.78, 5) is 0. The minimum absolute atomic E-state index is 0.271. The van der Waals surface area contributed by atoms with Crippen LogP contribution >= 0.6 is 0 Å². The monoisotopic (exact) mass is 410 g/mol. The first-order chi connectivity index (χ1) is 15.5. The van der Waals surface area contributed by atoms with Gasteiger partial charge in [-0.1, -0.05) is 106 Å². The van der Waals surface area contributed by atoms with Gasteiger partial charge in [-0.15, -0.1) is 0 Å². The quantitative estimate of drug-likeness (QED) is 0.290. The predicted molar refractivity (Wildman–Crippen MR) is 142 cm³/mol. The van der Waals surface area contributed by atoms with Crippen molar-refractivity contribution in [2.75, 3.05) is 0 Å². The number of fused-ring (bicyclic) bond motifs is 7. The van der Waals surface area contributed by atoms with Crippen LogP contribution < -0.4 is 16.4 Å². The first-order valence-corrected chi connectivity index (χ1v) is 11.6. The first-order valence-electron chi connectivity index (χ1n) is 11.6. The van der Waals surface area contributed by atoms with Gasteiger partial charge in [0, 0.05) is 0 Å². The normalized spacial score (nSPS) is 12.5. The predicted octanol–water partition coefficient (Wildman–Crippen LogP) is 6.03. The molecule has 0 unspecified atom stereocenters. The molecule has 0 bridgehead atoms. The molecule has 5 aromatic rings. The largest absolute Gasteiger partial charge is 0.243 e. The van der Waals surface area contributed by atoms with E-state index in [2.05, 4.69) is 107 Å².